The highest BCUT2D eigenvalue weighted by atomic mass is 14.7. The minimum absolute atomic E-state index is 0.213. The summed E-state index contributed by atoms with van der Waals surface area (Å²) in [6, 6.07) is 34.8. The number of rotatable bonds is 4. The standard InChI is InChI=1S/C35H42/c1-32(28-15-7-3-8-16-28)23-34(30-19-11-5-12-20-30)25-33(2,29-17-9-4-10-18-29)26-35(24-32,27-34)31-21-13-6-14-22-31/h3-5,7-12,15-20,31H,6,13-14,21-27H2,1-2H3. The minimum atomic E-state index is 0.213. The molecule has 35 heavy (non-hydrogen) atoms. The summed E-state index contributed by atoms with van der Waals surface area (Å²) in [4.78, 5) is 0. The molecule has 6 rings (SSSR count). The molecule has 2 atom stereocenters. The van der Waals surface area contributed by atoms with E-state index in [9.17, 15) is 0 Å². The lowest BCUT2D eigenvalue weighted by Crippen LogP contribution is -2.59. The molecule has 0 N–H and O–H groups in total. The molecule has 0 nitrogen and oxygen atoms in total. The van der Waals surface area contributed by atoms with Gasteiger partial charge in [0.2, 0.25) is 0 Å². The Labute approximate surface area is 213 Å². The Hall–Kier alpha value is -2.34. The largest absolute Gasteiger partial charge is 0.0622 e. The Morgan fingerprint density at radius 3 is 1.37 bits per heavy atom. The molecular weight excluding hydrogens is 420 g/mol. The normalized spacial score (nSPS) is 35.5. The molecule has 0 saturated heterocycles. The molecule has 0 heterocycles. The molecule has 0 amide bonds. The van der Waals surface area contributed by atoms with Crippen LogP contribution in [0.5, 0.6) is 0 Å². The van der Waals surface area contributed by atoms with Crippen LogP contribution >= 0.6 is 0 Å². The molecule has 182 valence electrons. The molecule has 3 aliphatic rings. The van der Waals surface area contributed by atoms with Crippen LogP contribution in [0.15, 0.2) is 91.0 Å². The zero-order valence-electron chi connectivity index (χ0n) is 21.8. The van der Waals surface area contributed by atoms with Crippen LogP contribution in [-0.4, -0.2) is 0 Å². The zero-order valence-corrected chi connectivity index (χ0v) is 21.8. The molecule has 3 aromatic rings. The first-order valence-electron chi connectivity index (χ1n) is 14.1. The minimum Gasteiger partial charge on any atom is -0.0622 e. The van der Waals surface area contributed by atoms with E-state index in [0.717, 1.165) is 5.92 Å². The SMILES string of the molecule is CC1(c2ccccc2)CC2(c3ccccc3)CC(C)(c3ccccc3)CC(C3CCCCC3)(C1)C2. The summed E-state index contributed by atoms with van der Waals surface area (Å²) in [7, 11) is 0. The van der Waals surface area contributed by atoms with E-state index in [0.29, 0.717) is 5.41 Å². The van der Waals surface area contributed by atoms with Crippen molar-refractivity contribution in [3.8, 4) is 0 Å². The van der Waals surface area contributed by atoms with Gasteiger partial charge in [0.25, 0.3) is 0 Å². The van der Waals surface area contributed by atoms with Crippen molar-refractivity contribution in [2.24, 2.45) is 11.3 Å². The van der Waals surface area contributed by atoms with Gasteiger partial charge >= 0.3 is 0 Å². The van der Waals surface area contributed by atoms with Gasteiger partial charge in [-0.2, -0.15) is 0 Å². The van der Waals surface area contributed by atoms with Gasteiger partial charge in [0.1, 0.15) is 0 Å². The van der Waals surface area contributed by atoms with Gasteiger partial charge in [0, 0.05) is 0 Å². The number of hydrogen-bond donors (Lipinski definition) is 0. The van der Waals surface area contributed by atoms with Crippen molar-refractivity contribution in [1.29, 1.82) is 0 Å². The zero-order chi connectivity index (χ0) is 24.0. The second-order valence-electron chi connectivity index (χ2n) is 13.1. The van der Waals surface area contributed by atoms with E-state index in [1.54, 1.807) is 16.7 Å². The van der Waals surface area contributed by atoms with Crippen LogP contribution in [-0.2, 0) is 16.2 Å². The highest BCUT2D eigenvalue weighted by Gasteiger charge is 2.62. The first kappa shape index (κ1) is 23.1. The maximum atomic E-state index is 2.61. The van der Waals surface area contributed by atoms with Crippen molar-refractivity contribution < 1.29 is 0 Å². The molecule has 2 unspecified atom stereocenters. The van der Waals surface area contributed by atoms with Gasteiger partial charge < -0.3 is 0 Å². The Bertz CT molecular complexity index is 1060. The van der Waals surface area contributed by atoms with Crippen molar-refractivity contribution >= 4 is 0 Å². The lowest BCUT2D eigenvalue weighted by Gasteiger charge is -2.66. The van der Waals surface area contributed by atoms with Crippen LogP contribution in [0.2, 0.25) is 0 Å². The first-order chi connectivity index (χ1) is 17.0. The van der Waals surface area contributed by atoms with Crippen molar-refractivity contribution in [3.63, 3.8) is 0 Å². The fourth-order valence-electron chi connectivity index (χ4n) is 9.56. The predicted octanol–water partition coefficient (Wildman–Crippen LogP) is 9.38. The summed E-state index contributed by atoms with van der Waals surface area (Å²) >= 11 is 0. The maximum Gasteiger partial charge on any atom is -0.00249 e. The summed E-state index contributed by atoms with van der Waals surface area (Å²) < 4.78 is 0. The van der Waals surface area contributed by atoms with E-state index >= 15 is 0 Å². The quantitative estimate of drug-likeness (QED) is 0.362. The smallest absolute Gasteiger partial charge is 0.00249 e. The van der Waals surface area contributed by atoms with Gasteiger partial charge in [-0.05, 0) is 89.2 Å². The summed E-state index contributed by atoms with van der Waals surface area (Å²) in [6.07, 6.45) is 13.7. The highest BCUT2D eigenvalue weighted by Crippen LogP contribution is 2.69. The van der Waals surface area contributed by atoms with Crippen molar-refractivity contribution in [3.05, 3.63) is 108 Å². The summed E-state index contributed by atoms with van der Waals surface area (Å²) in [5, 5.41) is 0. The molecule has 0 radical (unpaired) electrons. The molecule has 2 bridgehead atoms. The molecule has 3 aromatic carbocycles. The second kappa shape index (κ2) is 8.65. The third-order valence-corrected chi connectivity index (χ3v) is 10.4. The van der Waals surface area contributed by atoms with E-state index in [2.05, 4.69) is 105 Å². The molecule has 0 aromatic heterocycles. The van der Waals surface area contributed by atoms with E-state index in [-0.39, 0.29) is 16.2 Å². The van der Waals surface area contributed by atoms with Crippen molar-refractivity contribution in [2.45, 2.75) is 94.3 Å². The van der Waals surface area contributed by atoms with Crippen LogP contribution in [0, 0.1) is 11.3 Å². The number of hydrogen-bond acceptors (Lipinski definition) is 0. The Kier molecular flexibility index (Phi) is 5.70. The lowest BCUT2D eigenvalue weighted by atomic mass is 9.38. The molecule has 3 fully saturated rings. The van der Waals surface area contributed by atoms with E-state index < -0.39 is 0 Å². The molecule has 3 aliphatic carbocycles. The Morgan fingerprint density at radius 1 is 0.486 bits per heavy atom. The maximum absolute atomic E-state index is 2.61. The van der Waals surface area contributed by atoms with E-state index in [1.165, 1.54) is 64.2 Å². The van der Waals surface area contributed by atoms with Crippen LogP contribution in [0.3, 0.4) is 0 Å². The number of fused-ring (bicyclic) bond motifs is 2. The summed E-state index contributed by atoms with van der Waals surface area (Å²) in [6.45, 7) is 5.23. The third-order valence-electron chi connectivity index (χ3n) is 10.4. The van der Waals surface area contributed by atoms with E-state index in [1.807, 2.05) is 0 Å². The topological polar surface area (TPSA) is 0 Å². The fraction of sp³-hybridized carbons (Fsp3) is 0.486. The predicted molar refractivity (Wildman–Crippen MR) is 148 cm³/mol. The Morgan fingerprint density at radius 2 is 0.914 bits per heavy atom. The average molecular weight is 463 g/mol. The van der Waals surface area contributed by atoms with Crippen LogP contribution in [0.4, 0.5) is 0 Å². The Balaban J connectivity index is 1.56. The summed E-state index contributed by atoms with van der Waals surface area (Å²) in [5.41, 5.74) is 5.73. The highest BCUT2D eigenvalue weighted by molar-refractivity contribution is 5.39. The lowest BCUT2D eigenvalue weighted by molar-refractivity contribution is -0.0785. The van der Waals surface area contributed by atoms with Gasteiger partial charge in [-0.1, -0.05) is 124 Å². The second-order valence-corrected chi connectivity index (χ2v) is 13.1. The first-order valence-corrected chi connectivity index (χ1v) is 14.1. The summed E-state index contributed by atoms with van der Waals surface area (Å²) in [5.74, 6) is 0.853. The van der Waals surface area contributed by atoms with Crippen molar-refractivity contribution in [1.82, 2.24) is 0 Å². The monoisotopic (exact) mass is 462 g/mol. The van der Waals surface area contributed by atoms with Crippen LogP contribution in [0.25, 0.3) is 0 Å². The van der Waals surface area contributed by atoms with Gasteiger partial charge in [-0.3, -0.25) is 0 Å². The van der Waals surface area contributed by atoms with Gasteiger partial charge in [0.05, 0.1) is 0 Å². The van der Waals surface area contributed by atoms with Crippen LogP contribution < -0.4 is 0 Å². The van der Waals surface area contributed by atoms with E-state index in [4.69, 9.17) is 0 Å². The molecule has 0 heteroatoms. The molecule has 3 saturated carbocycles. The molecule has 0 aliphatic heterocycles. The third kappa shape index (κ3) is 3.98. The average Bonchev–Trinajstić information content (AvgIpc) is 2.90. The van der Waals surface area contributed by atoms with Crippen LogP contribution in [0.1, 0.15) is 94.7 Å². The fourth-order valence-corrected chi connectivity index (χ4v) is 9.56. The van der Waals surface area contributed by atoms with Gasteiger partial charge in [0.15, 0.2) is 0 Å². The number of benzene rings is 3. The molecular formula is C35H42. The van der Waals surface area contributed by atoms with Gasteiger partial charge in [-0.15, -0.1) is 0 Å². The van der Waals surface area contributed by atoms with Crippen molar-refractivity contribution in [2.75, 3.05) is 0 Å². The molecule has 0 spiro atoms. The van der Waals surface area contributed by atoms with Gasteiger partial charge in [-0.25, -0.2) is 0 Å².